The van der Waals surface area contributed by atoms with Crippen molar-refractivity contribution in [3.63, 3.8) is 0 Å². The van der Waals surface area contributed by atoms with Gasteiger partial charge in [-0.3, -0.25) is 4.79 Å². The summed E-state index contributed by atoms with van der Waals surface area (Å²) in [6.07, 6.45) is 1.47. The summed E-state index contributed by atoms with van der Waals surface area (Å²) >= 11 is 0. The smallest absolute Gasteiger partial charge is 0.240 e. The molecule has 2 rings (SSSR count). The fourth-order valence-corrected chi connectivity index (χ4v) is 3.52. The summed E-state index contributed by atoms with van der Waals surface area (Å²) in [4.78, 5) is 12.6. The monoisotopic (exact) mass is 318 g/mol. The predicted molar refractivity (Wildman–Crippen MR) is 93.4 cm³/mol. The number of aryl methyl sites for hydroxylation is 2. The minimum absolute atomic E-state index is 0.0573. The third kappa shape index (κ3) is 3.15. The van der Waals surface area contributed by atoms with E-state index < -0.39 is 5.54 Å². The maximum absolute atomic E-state index is 12.6. The zero-order valence-corrected chi connectivity index (χ0v) is 15.0. The molecule has 0 spiro atoms. The van der Waals surface area contributed by atoms with E-state index in [2.05, 4.69) is 37.4 Å². The van der Waals surface area contributed by atoms with Crippen molar-refractivity contribution in [2.75, 3.05) is 13.2 Å². The first-order valence-electron chi connectivity index (χ1n) is 8.48. The third-order valence-corrected chi connectivity index (χ3v) is 5.54. The van der Waals surface area contributed by atoms with Crippen LogP contribution < -0.4 is 11.1 Å². The molecule has 1 amide bonds. The maximum Gasteiger partial charge on any atom is 0.240 e. The fraction of sp³-hybridized carbons (Fsp3) is 0.632. The summed E-state index contributed by atoms with van der Waals surface area (Å²) in [6.45, 7) is 11.5. The van der Waals surface area contributed by atoms with Crippen molar-refractivity contribution in [2.45, 2.75) is 59.1 Å². The molecule has 128 valence electrons. The van der Waals surface area contributed by atoms with Crippen LogP contribution in [-0.2, 0) is 16.0 Å². The second-order valence-corrected chi connectivity index (χ2v) is 7.22. The van der Waals surface area contributed by atoms with Crippen LogP contribution in [0.3, 0.4) is 0 Å². The number of benzene rings is 1. The largest absolute Gasteiger partial charge is 0.378 e. The van der Waals surface area contributed by atoms with E-state index in [-0.39, 0.29) is 17.4 Å². The first-order valence-corrected chi connectivity index (χ1v) is 8.48. The minimum Gasteiger partial charge on any atom is -0.378 e. The molecule has 3 N–H and O–H groups in total. The molecule has 0 heterocycles. The molecule has 4 nitrogen and oxygen atoms in total. The van der Waals surface area contributed by atoms with Crippen LogP contribution in [0.5, 0.6) is 0 Å². The van der Waals surface area contributed by atoms with Crippen LogP contribution >= 0.6 is 0 Å². The molecule has 1 aromatic rings. The minimum atomic E-state index is -0.840. The fourth-order valence-electron chi connectivity index (χ4n) is 3.52. The van der Waals surface area contributed by atoms with Gasteiger partial charge in [-0.15, -0.1) is 0 Å². The average molecular weight is 318 g/mol. The van der Waals surface area contributed by atoms with E-state index in [9.17, 15) is 4.79 Å². The van der Waals surface area contributed by atoms with Gasteiger partial charge in [-0.2, -0.15) is 0 Å². The number of nitrogens with one attached hydrogen (secondary N) is 1. The van der Waals surface area contributed by atoms with Gasteiger partial charge in [0.05, 0.1) is 6.10 Å². The topological polar surface area (TPSA) is 64.3 Å². The van der Waals surface area contributed by atoms with Crippen molar-refractivity contribution in [2.24, 2.45) is 11.1 Å². The summed E-state index contributed by atoms with van der Waals surface area (Å²) in [5.74, 6) is -0.0651. The highest BCUT2D eigenvalue weighted by Gasteiger charge is 2.62. The predicted octanol–water partition coefficient (Wildman–Crippen LogP) is 2.49. The molecular formula is C19H30N2O2. The van der Waals surface area contributed by atoms with E-state index in [0.29, 0.717) is 19.6 Å². The second kappa shape index (κ2) is 6.62. The Morgan fingerprint density at radius 3 is 2.48 bits per heavy atom. The van der Waals surface area contributed by atoms with Crippen molar-refractivity contribution in [1.82, 2.24) is 5.32 Å². The number of carbonyl (C=O) groups excluding carboxylic acids is 1. The summed E-state index contributed by atoms with van der Waals surface area (Å²) in [5.41, 5.74) is 9.05. The maximum atomic E-state index is 12.6. The Morgan fingerprint density at radius 2 is 1.96 bits per heavy atom. The molecule has 23 heavy (non-hydrogen) atoms. The van der Waals surface area contributed by atoms with Crippen LogP contribution in [0.15, 0.2) is 18.2 Å². The van der Waals surface area contributed by atoms with Gasteiger partial charge in [-0.25, -0.2) is 0 Å². The van der Waals surface area contributed by atoms with Gasteiger partial charge >= 0.3 is 0 Å². The normalized spacial score (nSPS) is 25.7. The first-order chi connectivity index (χ1) is 10.7. The lowest BCUT2D eigenvalue weighted by atomic mass is 9.54. The zero-order valence-electron chi connectivity index (χ0n) is 15.0. The first kappa shape index (κ1) is 18.0. The number of nitrogens with two attached hydrogens (primary N) is 1. The molecule has 0 saturated heterocycles. The van der Waals surface area contributed by atoms with E-state index >= 15 is 0 Å². The van der Waals surface area contributed by atoms with Crippen LogP contribution in [-0.4, -0.2) is 30.7 Å². The molecule has 0 aromatic heterocycles. The number of hydrogen-bond acceptors (Lipinski definition) is 3. The van der Waals surface area contributed by atoms with Crippen molar-refractivity contribution in [3.8, 4) is 0 Å². The molecule has 1 aliphatic rings. The summed E-state index contributed by atoms with van der Waals surface area (Å²) in [6, 6.07) is 6.28. The van der Waals surface area contributed by atoms with E-state index in [1.807, 2.05) is 20.8 Å². The Labute approximate surface area is 139 Å². The van der Waals surface area contributed by atoms with Crippen LogP contribution in [0.25, 0.3) is 0 Å². The lowest BCUT2D eigenvalue weighted by Gasteiger charge is -2.57. The van der Waals surface area contributed by atoms with Crippen molar-refractivity contribution in [1.29, 1.82) is 0 Å². The van der Waals surface area contributed by atoms with Crippen LogP contribution in [0.4, 0.5) is 0 Å². The zero-order chi connectivity index (χ0) is 17.3. The molecule has 1 fully saturated rings. The second-order valence-electron chi connectivity index (χ2n) is 7.22. The number of ether oxygens (including phenoxy) is 1. The molecule has 0 bridgehead atoms. The average Bonchev–Trinajstić information content (AvgIpc) is 2.49. The highest BCUT2D eigenvalue weighted by Crippen LogP contribution is 2.49. The van der Waals surface area contributed by atoms with Crippen LogP contribution in [0, 0.1) is 19.3 Å². The van der Waals surface area contributed by atoms with Gasteiger partial charge in [0.1, 0.15) is 5.54 Å². The summed E-state index contributed by atoms with van der Waals surface area (Å²) in [7, 11) is 0. The standard InChI is InChI=1S/C19H30N2O2/c1-6-23-16-12-19(20,18(16,4)5)17(22)21-11-10-15-13(2)8-7-9-14(15)3/h7-9,16H,6,10-12,20H2,1-5H3,(H,21,22). The van der Waals surface area contributed by atoms with Gasteiger partial charge < -0.3 is 15.8 Å². The highest BCUT2D eigenvalue weighted by atomic mass is 16.5. The van der Waals surface area contributed by atoms with E-state index in [4.69, 9.17) is 10.5 Å². The lowest BCUT2D eigenvalue weighted by Crippen LogP contribution is -2.75. The molecule has 1 aromatic carbocycles. The molecule has 4 heteroatoms. The Balaban J connectivity index is 1.93. The van der Waals surface area contributed by atoms with Crippen LogP contribution in [0.1, 0.15) is 43.9 Å². The third-order valence-electron chi connectivity index (χ3n) is 5.54. The molecule has 0 radical (unpaired) electrons. The van der Waals surface area contributed by atoms with E-state index in [0.717, 1.165) is 6.42 Å². The van der Waals surface area contributed by atoms with Crippen LogP contribution in [0.2, 0.25) is 0 Å². The van der Waals surface area contributed by atoms with E-state index in [1.165, 1.54) is 16.7 Å². The SMILES string of the molecule is CCOC1CC(N)(C(=O)NCCc2c(C)cccc2C)C1(C)C. The molecule has 2 unspecified atom stereocenters. The number of amides is 1. The quantitative estimate of drug-likeness (QED) is 0.847. The van der Waals surface area contributed by atoms with Gasteiger partial charge in [-0.05, 0) is 43.9 Å². The number of carbonyl (C=O) groups is 1. The van der Waals surface area contributed by atoms with E-state index in [1.54, 1.807) is 0 Å². The van der Waals surface area contributed by atoms with Gasteiger partial charge in [0.25, 0.3) is 0 Å². The Kier molecular flexibility index (Phi) is 5.17. The highest BCUT2D eigenvalue weighted by molar-refractivity contribution is 5.88. The van der Waals surface area contributed by atoms with Crippen molar-refractivity contribution >= 4 is 5.91 Å². The van der Waals surface area contributed by atoms with Gasteiger partial charge in [-0.1, -0.05) is 32.0 Å². The molecule has 1 saturated carbocycles. The lowest BCUT2D eigenvalue weighted by molar-refractivity contribution is -0.170. The molecule has 1 aliphatic carbocycles. The van der Waals surface area contributed by atoms with Crippen molar-refractivity contribution in [3.05, 3.63) is 34.9 Å². The Bertz CT molecular complexity index is 562. The number of hydrogen-bond donors (Lipinski definition) is 2. The number of rotatable bonds is 6. The molecular weight excluding hydrogens is 288 g/mol. The molecule has 0 aliphatic heterocycles. The van der Waals surface area contributed by atoms with Gasteiger partial charge in [0.2, 0.25) is 5.91 Å². The molecule has 2 atom stereocenters. The summed E-state index contributed by atoms with van der Waals surface area (Å²) in [5, 5.41) is 3.03. The van der Waals surface area contributed by atoms with Gasteiger partial charge in [0, 0.05) is 25.0 Å². The Hall–Kier alpha value is -1.39. The Morgan fingerprint density at radius 1 is 1.35 bits per heavy atom. The van der Waals surface area contributed by atoms with Gasteiger partial charge in [0.15, 0.2) is 0 Å². The summed E-state index contributed by atoms with van der Waals surface area (Å²) < 4.78 is 5.68. The van der Waals surface area contributed by atoms with Crippen molar-refractivity contribution < 1.29 is 9.53 Å².